The lowest BCUT2D eigenvalue weighted by Crippen LogP contribution is -2.52. The first-order valence-corrected chi connectivity index (χ1v) is 13.8. The Kier molecular flexibility index (Phi) is 8.28. The Hall–Kier alpha value is -2.49. The molecule has 2 aromatic heterocycles. The molecule has 2 saturated heterocycles. The molecule has 35 heavy (non-hydrogen) atoms. The van der Waals surface area contributed by atoms with Gasteiger partial charge in [0.15, 0.2) is 5.82 Å². The van der Waals surface area contributed by atoms with E-state index in [0.717, 1.165) is 72.7 Å². The van der Waals surface area contributed by atoms with Gasteiger partial charge in [-0.05, 0) is 12.0 Å². The maximum Gasteiger partial charge on any atom is 0.228 e. The minimum atomic E-state index is 0.398. The van der Waals surface area contributed by atoms with Crippen molar-refractivity contribution in [2.75, 3.05) is 55.7 Å². The average molecular weight is 494 g/mol. The van der Waals surface area contributed by atoms with Gasteiger partial charge in [0.25, 0.3) is 0 Å². The molecule has 0 bridgehead atoms. The molecular formula is C26H35N7OS. The second kappa shape index (κ2) is 12.0. The fraction of sp³-hybridized carbons (Fsp3) is 0.538. The molecule has 1 N–H and O–H groups in total. The number of nitrogens with one attached hydrogen (secondary N) is 1. The Labute approximate surface area is 211 Å². The summed E-state index contributed by atoms with van der Waals surface area (Å²) in [6.07, 6.45) is 6.52. The molecule has 1 aromatic carbocycles. The van der Waals surface area contributed by atoms with Gasteiger partial charge in [0.2, 0.25) is 5.95 Å². The van der Waals surface area contributed by atoms with E-state index in [2.05, 4.69) is 56.3 Å². The molecule has 186 valence electrons. The van der Waals surface area contributed by atoms with Crippen molar-refractivity contribution in [2.24, 2.45) is 0 Å². The fourth-order valence-corrected chi connectivity index (χ4v) is 5.66. The molecule has 9 heteroatoms. The molecule has 0 aliphatic carbocycles. The quantitative estimate of drug-likeness (QED) is 0.271. The predicted octanol–water partition coefficient (Wildman–Crippen LogP) is 3.91. The van der Waals surface area contributed by atoms with Gasteiger partial charge >= 0.3 is 0 Å². The number of hydrogen-bond acceptors (Lipinski definition) is 9. The van der Waals surface area contributed by atoms with Gasteiger partial charge in [-0.15, -0.1) is 0 Å². The molecule has 0 spiro atoms. The van der Waals surface area contributed by atoms with Gasteiger partial charge in [0.05, 0.1) is 13.2 Å². The molecule has 0 saturated carbocycles. The van der Waals surface area contributed by atoms with Crippen LogP contribution in [0.25, 0.3) is 11.0 Å². The van der Waals surface area contributed by atoms with E-state index >= 15 is 0 Å². The Bertz CT molecular complexity index is 1090. The molecule has 2 aliphatic heterocycles. The summed E-state index contributed by atoms with van der Waals surface area (Å²) in [5.41, 5.74) is 2.95. The first kappa shape index (κ1) is 24.2. The third-order valence-corrected chi connectivity index (χ3v) is 7.75. The number of piperazine rings is 1. The molecule has 0 radical (unpaired) electrons. The maximum absolute atomic E-state index is 5.62. The van der Waals surface area contributed by atoms with Crippen LogP contribution >= 0.6 is 11.8 Å². The highest BCUT2D eigenvalue weighted by atomic mass is 32.2. The molecule has 2 fully saturated rings. The van der Waals surface area contributed by atoms with Crippen LogP contribution in [0.2, 0.25) is 0 Å². The first-order chi connectivity index (χ1) is 17.3. The Morgan fingerprint density at radius 2 is 1.89 bits per heavy atom. The van der Waals surface area contributed by atoms with Crippen LogP contribution in [0, 0.1) is 0 Å². The van der Waals surface area contributed by atoms with E-state index in [-0.39, 0.29) is 0 Å². The third kappa shape index (κ3) is 5.85. The number of unbranched alkanes of at least 4 members (excludes halogenated alkanes) is 2. The number of ether oxygens (including phenoxy) is 1. The molecule has 3 aromatic rings. The molecule has 2 aliphatic rings. The van der Waals surface area contributed by atoms with E-state index in [9.17, 15) is 0 Å². The number of thioether (sulfide) groups is 1. The van der Waals surface area contributed by atoms with Gasteiger partial charge in [0, 0.05) is 44.5 Å². The van der Waals surface area contributed by atoms with Crippen LogP contribution < -0.4 is 15.1 Å². The lowest BCUT2D eigenvalue weighted by Gasteiger charge is -2.37. The number of morpholine rings is 1. The molecule has 8 nitrogen and oxygen atoms in total. The number of hydrogen-bond donors (Lipinski definition) is 1. The highest BCUT2D eigenvalue weighted by Gasteiger charge is 2.27. The van der Waals surface area contributed by atoms with Crippen molar-refractivity contribution >= 4 is 34.6 Å². The molecule has 1 atom stereocenters. The molecule has 5 rings (SSSR count). The molecule has 4 heterocycles. The number of rotatable bonds is 9. The topological polar surface area (TPSA) is 79.3 Å². The van der Waals surface area contributed by atoms with Gasteiger partial charge in [0.1, 0.15) is 22.4 Å². The Morgan fingerprint density at radius 1 is 1.03 bits per heavy atom. The van der Waals surface area contributed by atoms with Gasteiger partial charge in [-0.2, -0.15) is 4.98 Å². The second-order valence-electron chi connectivity index (χ2n) is 9.14. The number of aromatic nitrogens is 4. The highest BCUT2D eigenvalue weighted by Crippen LogP contribution is 2.33. The van der Waals surface area contributed by atoms with Crippen LogP contribution in [0.4, 0.5) is 11.8 Å². The van der Waals surface area contributed by atoms with E-state index in [0.29, 0.717) is 19.3 Å². The molecule has 1 unspecified atom stereocenters. The zero-order valence-corrected chi connectivity index (χ0v) is 21.3. The summed E-state index contributed by atoms with van der Waals surface area (Å²) in [5, 5.41) is 4.49. The summed E-state index contributed by atoms with van der Waals surface area (Å²) >= 11 is 1.72. The summed E-state index contributed by atoms with van der Waals surface area (Å²) in [6.45, 7) is 8.10. The van der Waals surface area contributed by atoms with E-state index in [1.165, 1.54) is 24.8 Å². The summed E-state index contributed by atoms with van der Waals surface area (Å²) in [5.74, 6) is 2.55. The van der Waals surface area contributed by atoms with Crippen LogP contribution in [-0.2, 0) is 10.5 Å². The monoisotopic (exact) mass is 493 g/mol. The van der Waals surface area contributed by atoms with Crippen molar-refractivity contribution in [3.8, 4) is 0 Å². The maximum atomic E-state index is 5.62. The number of fused-ring (bicyclic) bond motifs is 1. The molecular weight excluding hydrogens is 458 g/mol. The second-order valence-corrected chi connectivity index (χ2v) is 10.1. The van der Waals surface area contributed by atoms with Crippen molar-refractivity contribution in [1.82, 2.24) is 25.3 Å². The number of nitrogens with zero attached hydrogens (tertiary/aromatic N) is 6. The summed E-state index contributed by atoms with van der Waals surface area (Å²) in [7, 11) is 0. The normalized spacial score (nSPS) is 18.8. The van der Waals surface area contributed by atoms with E-state index in [4.69, 9.17) is 14.7 Å². The standard InChI is InChI=1S/C26H35N7OS/c1-2-3-5-10-21-17-27-11-12-33(21)26-30-23-22(24(31-26)32-13-15-34-16-14-32)28-19-29-25(23)35-18-20-8-6-4-7-9-20/h4,6-9,19,21,27H,2-3,5,10-18H2,1H3. The summed E-state index contributed by atoms with van der Waals surface area (Å²) in [4.78, 5) is 24.3. The SMILES string of the molecule is CCCCCC1CNCCN1c1nc(N2CCOCC2)c2ncnc(SCc3ccccc3)c2n1. The van der Waals surface area contributed by atoms with Crippen LogP contribution in [-0.4, -0.2) is 71.9 Å². The van der Waals surface area contributed by atoms with Gasteiger partial charge in [-0.25, -0.2) is 15.0 Å². The lowest BCUT2D eigenvalue weighted by atomic mass is 10.1. The minimum Gasteiger partial charge on any atom is -0.378 e. The van der Waals surface area contributed by atoms with E-state index in [1.54, 1.807) is 18.1 Å². The van der Waals surface area contributed by atoms with Crippen molar-refractivity contribution in [3.63, 3.8) is 0 Å². The summed E-state index contributed by atoms with van der Waals surface area (Å²) < 4.78 is 5.62. The van der Waals surface area contributed by atoms with E-state index in [1.807, 2.05) is 6.07 Å². The minimum absolute atomic E-state index is 0.398. The summed E-state index contributed by atoms with van der Waals surface area (Å²) in [6, 6.07) is 10.9. The largest absolute Gasteiger partial charge is 0.378 e. The number of benzene rings is 1. The predicted molar refractivity (Wildman–Crippen MR) is 142 cm³/mol. The van der Waals surface area contributed by atoms with Gasteiger partial charge in [-0.3, -0.25) is 0 Å². The van der Waals surface area contributed by atoms with Crippen molar-refractivity contribution < 1.29 is 4.74 Å². The molecule has 0 amide bonds. The van der Waals surface area contributed by atoms with Crippen molar-refractivity contribution in [1.29, 1.82) is 0 Å². The smallest absolute Gasteiger partial charge is 0.228 e. The van der Waals surface area contributed by atoms with Gasteiger partial charge < -0.3 is 19.9 Å². The van der Waals surface area contributed by atoms with Crippen LogP contribution in [0.1, 0.15) is 38.2 Å². The van der Waals surface area contributed by atoms with E-state index < -0.39 is 0 Å². The first-order valence-electron chi connectivity index (χ1n) is 12.8. The van der Waals surface area contributed by atoms with Crippen molar-refractivity contribution in [3.05, 3.63) is 42.2 Å². The zero-order chi connectivity index (χ0) is 23.9. The lowest BCUT2D eigenvalue weighted by molar-refractivity contribution is 0.122. The van der Waals surface area contributed by atoms with Gasteiger partial charge in [-0.1, -0.05) is 68.3 Å². The fourth-order valence-electron chi connectivity index (χ4n) is 4.77. The van der Waals surface area contributed by atoms with Crippen LogP contribution in [0.5, 0.6) is 0 Å². The average Bonchev–Trinajstić information content (AvgIpc) is 2.93. The number of anilines is 2. The Balaban J connectivity index is 1.52. The Morgan fingerprint density at radius 3 is 2.71 bits per heavy atom. The van der Waals surface area contributed by atoms with Crippen LogP contribution in [0.3, 0.4) is 0 Å². The highest BCUT2D eigenvalue weighted by molar-refractivity contribution is 7.98. The van der Waals surface area contributed by atoms with Crippen molar-refractivity contribution in [2.45, 2.75) is 49.4 Å². The third-order valence-electron chi connectivity index (χ3n) is 6.70. The zero-order valence-electron chi connectivity index (χ0n) is 20.5. The van der Waals surface area contributed by atoms with Crippen LogP contribution in [0.15, 0.2) is 41.7 Å².